The molecule has 1 saturated heterocycles. The average Bonchev–Trinajstić information content (AvgIpc) is 3.03. The topological polar surface area (TPSA) is 69.2 Å². The fourth-order valence-corrected chi connectivity index (χ4v) is 2.97. The zero-order chi connectivity index (χ0) is 15.7. The minimum absolute atomic E-state index is 0.163. The van der Waals surface area contributed by atoms with Gasteiger partial charge in [-0.3, -0.25) is 9.89 Å². The van der Waals surface area contributed by atoms with Gasteiger partial charge in [0.1, 0.15) is 11.4 Å². The van der Waals surface area contributed by atoms with Crippen molar-refractivity contribution in [3.8, 4) is 0 Å². The number of Topliss-reactive ketones (excluding diaryl/α,β-unsaturated/α-hetero) is 1. The van der Waals surface area contributed by atoms with Crippen molar-refractivity contribution in [1.82, 2.24) is 10.2 Å². The summed E-state index contributed by atoms with van der Waals surface area (Å²) in [7, 11) is 0. The normalized spacial score (nSPS) is 17.5. The van der Waals surface area contributed by atoms with Crippen LogP contribution in [0, 0.1) is 5.82 Å². The number of anilines is 1. The molecule has 0 atom stereocenters. The molecule has 116 valence electrons. The smallest absolute Gasteiger partial charge is 0.161 e. The molecular weight excluding hydrogens is 285 g/mol. The van der Waals surface area contributed by atoms with Gasteiger partial charge in [0, 0.05) is 30.5 Å². The van der Waals surface area contributed by atoms with E-state index in [9.17, 15) is 14.3 Å². The summed E-state index contributed by atoms with van der Waals surface area (Å²) in [5.41, 5.74) is 0.884. The van der Waals surface area contributed by atoms with Crippen molar-refractivity contribution in [3.63, 3.8) is 0 Å². The molecule has 0 unspecified atom stereocenters. The van der Waals surface area contributed by atoms with Crippen LogP contribution >= 0.6 is 0 Å². The SMILES string of the molecule is CC(=O)c1cc(F)ccc1N1CCC(O)(c2ccn[nH]2)CC1. The Hall–Kier alpha value is -2.21. The second-order valence-corrected chi connectivity index (χ2v) is 5.71. The summed E-state index contributed by atoms with van der Waals surface area (Å²) in [6, 6.07) is 6.03. The molecule has 1 aliphatic heterocycles. The van der Waals surface area contributed by atoms with Gasteiger partial charge in [0.15, 0.2) is 5.78 Å². The average molecular weight is 303 g/mol. The standard InChI is InChI=1S/C16H18FN3O2/c1-11(21)13-10-12(17)2-3-14(13)20-8-5-16(22,6-9-20)15-4-7-18-19-15/h2-4,7,10,22H,5-6,8-9H2,1H3,(H,18,19). The van der Waals surface area contributed by atoms with Gasteiger partial charge in [-0.15, -0.1) is 0 Å². The van der Waals surface area contributed by atoms with Gasteiger partial charge >= 0.3 is 0 Å². The van der Waals surface area contributed by atoms with Gasteiger partial charge in [-0.2, -0.15) is 5.10 Å². The molecule has 0 aliphatic carbocycles. The van der Waals surface area contributed by atoms with Crippen molar-refractivity contribution < 1.29 is 14.3 Å². The first-order valence-electron chi connectivity index (χ1n) is 7.27. The Morgan fingerprint density at radius 1 is 1.36 bits per heavy atom. The number of aliphatic hydroxyl groups is 1. The predicted octanol–water partition coefficient (Wildman–Crippen LogP) is 2.24. The van der Waals surface area contributed by atoms with E-state index in [-0.39, 0.29) is 5.78 Å². The van der Waals surface area contributed by atoms with Crippen molar-refractivity contribution in [3.05, 3.63) is 47.5 Å². The number of nitrogens with one attached hydrogen (secondary N) is 1. The third-order valence-corrected chi connectivity index (χ3v) is 4.27. The maximum absolute atomic E-state index is 13.4. The number of hydrogen-bond acceptors (Lipinski definition) is 4. The highest BCUT2D eigenvalue weighted by atomic mass is 19.1. The number of carbonyl (C=O) groups excluding carboxylic acids is 1. The Morgan fingerprint density at radius 3 is 2.68 bits per heavy atom. The number of H-pyrrole nitrogens is 1. The lowest BCUT2D eigenvalue weighted by atomic mass is 9.88. The number of halogens is 1. The molecule has 1 fully saturated rings. The van der Waals surface area contributed by atoms with E-state index in [2.05, 4.69) is 10.2 Å². The van der Waals surface area contributed by atoms with Gasteiger partial charge in [0.2, 0.25) is 0 Å². The van der Waals surface area contributed by atoms with Crippen LogP contribution < -0.4 is 4.90 Å². The van der Waals surface area contributed by atoms with E-state index in [4.69, 9.17) is 0 Å². The Bertz CT molecular complexity index is 677. The molecule has 2 heterocycles. The van der Waals surface area contributed by atoms with E-state index in [1.54, 1.807) is 18.3 Å². The van der Waals surface area contributed by atoms with Crippen LogP contribution in [0.25, 0.3) is 0 Å². The first-order valence-corrected chi connectivity index (χ1v) is 7.27. The van der Waals surface area contributed by atoms with E-state index in [1.807, 2.05) is 4.90 Å². The summed E-state index contributed by atoms with van der Waals surface area (Å²) in [6.07, 6.45) is 2.65. The fraction of sp³-hybridized carbons (Fsp3) is 0.375. The van der Waals surface area contributed by atoms with Gasteiger partial charge in [0.05, 0.1) is 5.69 Å². The van der Waals surface area contributed by atoms with E-state index >= 15 is 0 Å². The second-order valence-electron chi connectivity index (χ2n) is 5.71. The second kappa shape index (κ2) is 5.53. The molecular formula is C16H18FN3O2. The zero-order valence-corrected chi connectivity index (χ0v) is 12.3. The van der Waals surface area contributed by atoms with Crippen LogP contribution in [0.4, 0.5) is 10.1 Å². The number of ketones is 1. The molecule has 1 aliphatic rings. The van der Waals surface area contributed by atoms with Crippen molar-refractivity contribution in [2.24, 2.45) is 0 Å². The molecule has 0 bridgehead atoms. The monoisotopic (exact) mass is 303 g/mol. The van der Waals surface area contributed by atoms with Crippen LogP contribution in [-0.4, -0.2) is 34.2 Å². The molecule has 3 rings (SSSR count). The molecule has 5 nitrogen and oxygen atoms in total. The van der Waals surface area contributed by atoms with Gasteiger partial charge in [-0.25, -0.2) is 4.39 Å². The highest BCUT2D eigenvalue weighted by Gasteiger charge is 2.35. The molecule has 0 amide bonds. The minimum atomic E-state index is -0.927. The van der Waals surface area contributed by atoms with E-state index < -0.39 is 11.4 Å². The number of hydrogen-bond donors (Lipinski definition) is 2. The number of carbonyl (C=O) groups is 1. The van der Waals surface area contributed by atoms with Crippen LogP contribution in [0.15, 0.2) is 30.5 Å². The Labute approximate surface area is 127 Å². The van der Waals surface area contributed by atoms with Crippen molar-refractivity contribution in [2.75, 3.05) is 18.0 Å². The van der Waals surface area contributed by atoms with Crippen LogP contribution in [0.2, 0.25) is 0 Å². The molecule has 2 N–H and O–H groups in total. The fourth-order valence-electron chi connectivity index (χ4n) is 2.97. The molecule has 6 heteroatoms. The van der Waals surface area contributed by atoms with Crippen LogP contribution in [-0.2, 0) is 5.60 Å². The lowest BCUT2D eigenvalue weighted by molar-refractivity contribution is 0.00756. The predicted molar refractivity (Wildman–Crippen MR) is 80.3 cm³/mol. The highest BCUT2D eigenvalue weighted by molar-refractivity contribution is 5.99. The van der Waals surface area contributed by atoms with Crippen molar-refractivity contribution >= 4 is 11.5 Å². The zero-order valence-electron chi connectivity index (χ0n) is 12.3. The number of benzene rings is 1. The molecule has 0 saturated carbocycles. The molecule has 1 aromatic heterocycles. The van der Waals surface area contributed by atoms with E-state index in [0.717, 1.165) is 5.69 Å². The molecule has 2 aromatic rings. The van der Waals surface area contributed by atoms with Gasteiger partial charge in [0.25, 0.3) is 0 Å². The molecule has 1 aromatic carbocycles. The first kappa shape index (κ1) is 14.7. The molecule has 22 heavy (non-hydrogen) atoms. The number of nitrogens with zero attached hydrogens (tertiary/aromatic N) is 2. The minimum Gasteiger partial charge on any atom is -0.383 e. The van der Waals surface area contributed by atoms with Crippen LogP contribution in [0.5, 0.6) is 0 Å². The summed E-state index contributed by atoms with van der Waals surface area (Å²) in [4.78, 5) is 13.7. The van der Waals surface area contributed by atoms with Gasteiger partial charge in [-0.1, -0.05) is 0 Å². The maximum atomic E-state index is 13.4. The van der Waals surface area contributed by atoms with Gasteiger partial charge < -0.3 is 10.0 Å². The maximum Gasteiger partial charge on any atom is 0.161 e. The van der Waals surface area contributed by atoms with Crippen molar-refractivity contribution in [1.29, 1.82) is 0 Å². The number of aromatic nitrogens is 2. The summed E-state index contributed by atoms with van der Waals surface area (Å²) in [5, 5.41) is 17.4. The highest BCUT2D eigenvalue weighted by Crippen LogP contribution is 2.34. The lowest BCUT2D eigenvalue weighted by Gasteiger charge is -2.39. The largest absolute Gasteiger partial charge is 0.383 e. The van der Waals surface area contributed by atoms with Crippen LogP contribution in [0.1, 0.15) is 35.8 Å². The summed E-state index contributed by atoms with van der Waals surface area (Å²) in [6.45, 7) is 2.60. The van der Waals surface area contributed by atoms with Gasteiger partial charge in [-0.05, 0) is 44.0 Å². The molecule has 0 radical (unpaired) electrons. The summed E-state index contributed by atoms with van der Waals surface area (Å²) < 4.78 is 13.4. The number of piperidine rings is 1. The van der Waals surface area contributed by atoms with E-state index in [1.165, 1.54) is 19.1 Å². The lowest BCUT2D eigenvalue weighted by Crippen LogP contribution is -2.43. The summed E-state index contributed by atoms with van der Waals surface area (Å²) >= 11 is 0. The third kappa shape index (κ3) is 2.62. The quantitative estimate of drug-likeness (QED) is 0.853. The van der Waals surface area contributed by atoms with E-state index in [0.29, 0.717) is 37.2 Å². The first-order chi connectivity index (χ1) is 10.5. The Morgan fingerprint density at radius 2 is 2.09 bits per heavy atom. The van der Waals surface area contributed by atoms with Crippen molar-refractivity contribution in [2.45, 2.75) is 25.4 Å². The van der Waals surface area contributed by atoms with Crippen LogP contribution in [0.3, 0.4) is 0 Å². The number of rotatable bonds is 3. The summed E-state index contributed by atoms with van der Waals surface area (Å²) in [5.74, 6) is -0.580. The Kier molecular flexibility index (Phi) is 3.70. The number of aromatic amines is 1. The third-order valence-electron chi connectivity index (χ3n) is 4.27. The molecule has 0 spiro atoms. The Balaban J connectivity index is 1.81.